The highest BCUT2D eigenvalue weighted by atomic mass is 16.5. The van der Waals surface area contributed by atoms with Crippen molar-refractivity contribution >= 4 is 0 Å². The van der Waals surface area contributed by atoms with Crippen LogP contribution in [0.5, 0.6) is 0 Å². The molecule has 0 aliphatic heterocycles. The van der Waals surface area contributed by atoms with Crippen molar-refractivity contribution in [3.63, 3.8) is 0 Å². The summed E-state index contributed by atoms with van der Waals surface area (Å²) in [7, 11) is 0. The summed E-state index contributed by atoms with van der Waals surface area (Å²) in [5.74, 6) is 7.62. The van der Waals surface area contributed by atoms with Gasteiger partial charge in [-0.2, -0.15) is 0 Å². The Bertz CT molecular complexity index is 1140. The minimum atomic E-state index is 0.164. The Morgan fingerprint density at radius 2 is 1.17 bits per heavy atom. The maximum absolute atomic E-state index is 6.39. The number of hydrogen-bond acceptors (Lipinski definition) is 4. The van der Waals surface area contributed by atoms with Crippen LogP contribution in [0.2, 0.25) is 0 Å². The zero-order chi connectivity index (χ0) is 45.0. The Morgan fingerprint density at radius 1 is 0.524 bits per heavy atom. The van der Waals surface area contributed by atoms with Gasteiger partial charge >= 0.3 is 0 Å². The summed E-state index contributed by atoms with van der Waals surface area (Å²) in [6, 6.07) is 0. The van der Waals surface area contributed by atoms with Crippen LogP contribution in [0.25, 0.3) is 0 Å². The molecule has 4 rings (SSSR count). The van der Waals surface area contributed by atoms with Crippen molar-refractivity contribution in [3.8, 4) is 0 Å². The van der Waals surface area contributed by atoms with E-state index in [2.05, 4.69) is 60.6 Å². The molecule has 4 fully saturated rings. The Morgan fingerprint density at radius 3 is 1.92 bits per heavy atom. The van der Waals surface area contributed by atoms with Crippen LogP contribution in [0.4, 0.5) is 0 Å². The van der Waals surface area contributed by atoms with Crippen molar-refractivity contribution in [3.05, 3.63) is 12.2 Å². The van der Waals surface area contributed by atoms with Crippen LogP contribution in [-0.4, -0.2) is 52.4 Å². The highest BCUT2D eigenvalue weighted by Gasteiger charge is 2.60. The fraction of sp³-hybridized carbons (Fsp3) is 0.966. The number of allylic oxidation sites excluding steroid dienone is 2. The van der Waals surface area contributed by atoms with Gasteiger partial charge in [-0.3, -0.25) is 0 Å². The highest BCUT2D eigenvalue weighted by molar-refractivity contribution is 5.09. The van der Waals surface area contributed by atoms with Gasteiger partial charge in [-0.05, 0) is 187 Å². The van der Waals surface area contributed by atoms with Crippen LogP contribution < -0.4 is 0 Å². The van der Waals surface area contributed by atoms with Crippen LogP contribution in [0.1, 0.15) is 254 Å². The van der Waals surface area contributed by atoms with E-state index in [4.69, 9.17) is 18.9 Å². The maximum atomic E-state index is 6.39. The largest absolute Gasteiger partial charge is 0.381 e. The second-order valence-electron chi connectivity index (χ2n) is 23.2. The van der Waals surface area contributed by atoms with Crippen LogP contribution in [0, 0.1) is 58.2 Å². The molecule has 4 nitrogen and oxygen atoms in total. The van der Waals surface area contributed by atoms with Gasteiger partial charge in [0, 0.05) is 26.4 Å². The first-order valence-electron chi connectivity index (χ1n) is 28.7. The molecule has 0 radical (unpaired) electrons. The molecule has 0 aromatic heterocycles. The molecule has 0 bridgehead atoms. The lowest BCUT2D eigenvalue weighted by Crippen LogP contribution is -2.53. The Balaban J connectivity index is 1.04. The SMILES string of the molecule is CCCCCCCC/C=C\CCCCCCCCOCC(CCCCOCCC)OCCOCCC[C@H]1CC[C@@]2(C)C(CC[C@H]3[C@@H]4CC[C@H]([C@H](C)CCCC(C)C)[C@@]4(C)CC[C@@H]32)C1. The first-order chi connectivity index (χ1) is 30.7. The molecule has 4 aliphatic carbocycles. The second-order valence-corrected chi connectivity index (χ2v) is 23.2. The molecule has 2 unspecified atom stereocenters. The molecule has 63 heavy (non-hydrogen) atoms. The molecule has 0 spiro atoms. The summed E-state index contributed by atoms with van der Waals surface area (Å²) in [5, 5.41) is 0. The quantitative estimate of drug-likeness (QED) is 0.0457. The molecule has 0 heterocycles. The number of ether oxygens (including phenoxy) is 4. The molecule has 4 heteroatoms. The van der Waals surface area contributed by atoms with Gasteiger partial charge in [0.05, 0.1) is 25.9 Å². The molecular weight excluding hydrogens is 773 g/mol. The Hall–Kier alpha value is -0.420. The van der Waals surface area contributed by atoms with E-state index in [0.29, 0.717) is 30.7 Å². The van der Waals surface area contributed by atoms with Gasteiger partial charge in [0.1, 0.15) is 0 Å². The van der Waals surface area contributed by atoms with E-state index in [-0.39, 0.29) is 6.10 Å². The van der Waals surface area contributed by atoms with Crippen LogP contribution in [0.15, 0.2) is 12.2 Å². The predicted molar refractivity (Wildman–Crippen MR) is 272 cm³/mol. The first-order valence-corrected chi connectivity index (χ1v) is 28.7. The van der Waals surface area contributed by atoms with E-state index < -0.39 is 0 Å². The third-order valence-electron chi connectivity index (χ3n) is 18.0. The van der Waals surface area contributed by atoms with Gasteiger partial charge in [0.15, 0.2) is 0 Å². The molecule has 0 aromatic carbocycles. The van der Waals surface area contributed by atoms with E-state index in [9.17, 15) is 0 Å². The summed E-state index contributed by atoms with van der Waals surface area (Å²) >= 11 is 0. The average Bonchev–Trinajstić information content (AvgIpc) is 3.63. The summed E-state index contributed by atoms with van der Waals surface area (Å²) < 4.78 is 24.5. The molecule has 0 aromatic rings. The lowest BCUT2D eigenvalue weighted by atomic mass is 9.44. The Labute approximate surface area is 394 Å². The monoisotopic (exact) mass is 883 g/mol. The second kappa shape index (κ2) is 32.4. The van der Waals surface area contributed by atoms with E-state index in [1.807, 2.05) is 0 Å². The summed E-state index contributed by atoms with van der Waals surface area (Å²) in [6.45, 7) is 23.0. The number of unbranched alkanes of at least 4 members (excludes halogenated alkanes) is 13. The molecule has 4 saturated carbocycles. The minimum absolute atomic E-state index is 0.164. The van der Waals surface area contributed by atoms with Crippen molar-refractivity contribution in [1.29, 1.82) is 0 Å². The van der Waals surface area contributed by atoms with Crippen molar-refractivity contribution < 1.29 is 18.9 Å². The van der Waals surface area contributed by atoms with Crippen molar-refractivity contribution in [2.24, 2.45) is 58.2 Å². The van der Waals surface area contributed by atoms with E-state index in [0.717, 1.165) is 99.5 Å². The van der Waals surface area contributed by atoms with Crippen molar-refractivity contribution in [1.82, 2.24) is 0 Å². The normalized spacial score (nSPS) is 29.3. The van der Waals surface area contributed by atoms with Gasteiger partial charge in [0.25, 0.3) is 0 Å². The van der Waals surface area contributed by atoms with Gasteiger partial charge < -0.3 is 18.9 Å². The van der Waals surface area contributed by atoms with Gasteiger partial charge in [-0.1, -0.05) is 138 Å². The summed E-state index contributed by atoms with van der Waals surface area (Å²) in [5.41, 5.74) is 1.22. The first kappa shape index (κ1) is 55.2. The highest BCUT2D eigenvalue weighted by Crippen LogP contribution is 2.68. The number of hydrogen-bond donors (Lipinski definition) is 0. The van der Waals surface area contributed by atoms with Crippen LogP contribution in [0.3, 0.4) is 0 Å². The zero-order valence-corrected chi connectivity index (χ0v) is 43.6. The standard InChI is InChI=1S/C59H110O4/c1-8-10-11-12-13-14-15-16-17-18-19-20-21-22-23-25-43-62-48-53(32-24-26-42-60-41-9-2)63-46-45-61-44-28-31-51-37-39-58(6)52(47-51)33-34-54-56-36-35-55(50(5)30-27-29-49(3)4)59(56,7)40-38-57(54)58/h16-17,49-57H,8-15,18-48H2,1-7H3/b17-16-/t50-,51+,52?,53?,54+,55-,56+,57+,58+,59-/m1/s1. The average molecular weight is 884 g/mol. The third kappa shape index (κ3) is 19.6. The van der Waals surface area contributed by atoms with Crippen molar-refractivity contribution in [2.45, 2.75) is 260 Å². The van der Waals surface area contributed by atoms with Gasteiger partial charge in [0.2, 0.25) is 0 Å². The Kier molecular flexibility index (Phi) is 28.3. The molecule has 4 aliphatic rings. The van der Waals surface area contributed by atoms with Gasteiger partial charge in [-0.25, -0.2) is 0 Å². The fourth-order valence-electron chi connectivity index (χ4n) is 14.2. The maximum Gasteiger partial charge on any atom is 0.0809 e. The topological polar surface area (TPSA) is 36.9 Å². The molecule has 0 saturated heterocycles. The lowest BCUT2D eigenvalue weighted by molar-refractivity contribution is -0.122. The molecule has 370 valence electrons. The van der Waals surface area contributed by atoms with Crippen molar-refractivity contribution in [2.75, 3.05) is 46.2 Å². The third-order valence-corrected chi connectivity index (χ3v) is 18.0. The van der Waals surface area contributed by atoms with E-state index in [1.165, 1.54) is 180 Å². The minimum Gasteiger partial charge on any atom is -0.381 e. The van der Waals surface area contributed by atoms with E-state index >= 15 is 0 Å². The lowest BCUT2D eigenvalue weighted by Gasteiger charge is -2.61. The smallest absolute Gasteiger partial charge is 0.0809 e. The fourth-order valence-corrected chi connectivity index (χ4v) is 14.2. The van der Waals surface area contributed by atoms with Gasteiger partial charge in [-0.15, -0.1) is 0 Å². The zero-order valence-electron chi connectivity index (χ0n) is 43.6. The molecule has 10 atom stereocenters. The van der Waals surface area contributed by atoms with Crippen LogP contribution >= 0.6 is 0 Å². The summed E-state index contributed by atoms with van der Waals surface area (Å²) in [6.07, 6.45) is 48.6. The summed E-state index contributed by atoms with van der Waals surface area (Å²) in [4.78, 5) is 0. The number of rotatable bonds is 38. The van der Waals surface area contributed by atoms with Crippen LogP contribution in [-0.2, 0) is 18.9 Å². The van der Waals surface area contributed by atoms with E-state index in [1.54, 1.807) is 0 Å². The predicted octanol–water partition coefficient (Wildman–Crippen LogP) is 17.6. The molecular formula is C59H110O4. The molecule has 0 N–H and O–H groups in total. The molecule has 0 amide bonds. The number of fused-ring (bicyclic) bond motifs is 5.